The first-order valence-corrected chi connectivity index (χ1v) is 11.4. The van der Waals surface area contributed by atoms with E-state index >= 15 is 0 Å². The van der Waals surface area contributed by atoms with Crippen molar-refractivity contribution in [3.63, 3.8) is 0 Å². The first-order valence-electron chi connectivity index (χ1n) is 11.4. The molecule has 34 heavy (non-hydrogen) atoms. The largest absolute Gasteiger partial charge is 0.493 e. The SMILES string of the molecule is COc1cc2nncc(-c3ccc(N4CCC(C)(c5ccccc5F)CC4)nc3)c2cc1OC. The third-order valence-electron chi connectivity index (χ3n) is 6.92. The maximum atomic E-state index is 14.4. The van der Waals surface area contributed by atoms with E-state index in [2.05, 4.69) is 28.1 Å². The van der Waals surface area contributed by atoms with Gasteiger partial charge in [-0.2, -0.15) is 10.2 Å². The van der Waals surface area contributed by atoms with Gasteiger partial charge < -0.3 is 14.4 Å². The van der Waals surface area contributed by atoms with Crippen molar-refractivity contribution in [1.29, 1.82) is 0 Å². The third-order valence-corrected chi connectivity index (χ3v) is 6.92. The van der Waals surface area contributed by atoms with Gasteiger partial charge in [-0.3, -0.25) is 0 Å². The molecule has 1 aliphatic heterocycles. The predicted molar refractivity (Wildman–Crippen MR) is 131 cm³/mol. The zero-order chi connectivity index (χ0) is 23.7. The van der Waals surface area contributed by atoms with E-state index in [0.717, 1.165) is 59.3 Å². The van der Waals surface area contributed by atoms with E-state index in [1.54, 1.807) is 32.5 Å². The summed E-state index contributed by atoms with van der Waals surface area (Å²) in [6.07, 6.45) is 5.36. The molecule has 0 saturated carbocycles. The highest BCUT2D eigenvalue weighted by Crippen LogP contribution is 2.38. The first kappa shape index (κ1) is 22.1. The van der Waals surface area contributed by atoms with E-state index in [4.69, 9.17) is 14.5 Å². The van der Waals surface area contributed by atoms with Gasteiger partial charge in [0.2, 0.25) is 0 Å². The Labute approximate surface area is 198 Å². The summed E-state index contributed by atoms with van der Waals surface area (Å²) in [5.41, 5.74) is 3.24. The molecular formula is C27H27FN4O2. The molecule has 2 aromatic carbocycles. The van der Waals surface area contributed by atoms with Crippen LogP contribution in [0.4, 0.5) is 10.2 Å². The number of aromatic nitrogens is 3. The Morgan fingerprint density at radius 2 is 1.68 bits per heavy atom. The molecule has 0 radical (unpaired) electrons. The molecule has 1 fully saturated rings. The molecule has 0 amide bonds. The van der Waals surface area contributed by atoms with E-state index in [0.29, 0.717) is 11.5 Å². The van der Waals surface area contributed by atoms with Crippen LogP contribution in [-0.4, -0.2) is 42.5 Å². The Balaban J connectivity index is 1.38. The van der Waals surface area contributed by atoms with E-state index in [1.807, 2.05) is 36.5 Å². The van der Waals surface area contributed by atoms with Gasteiger partial charge >= 0.3 is 0 Å². The second-order valence-electron chi connectivity index (χ2n) is 8.92. The Morgan fingerprint density at radius 3 is 2.35 bits per heavy atom. The highest BCUT2D eigenvalue weighted by atomic mass is 19.1. The van der Waals surface area contributed by atoms with Crippen LogP contribution >= 0.6 is 0 Å². The molecule has 3 heterocycles. The van der Waals surface area contributed by atoms with Gasteiger partial charge in [0.25, 0.3) is 0 Å². The fourth-order valence-electron chi connectivity index (χ4n) is 4.80. The van der Waals surface area contributed by atoms with Crippen LogP contribution in [0.3, 0.4) is 0 Å². The van der Waals surface area contributed by atoms with Gasteiger partial charge in [0.15, 0.2) is 11.5 Å². The van der Waals surface area contributed by atoms with Crippen molar-refractivity contribution in [2.75, 3.05) is 32.2 Å². The number of hydrogen-bond acceptors (Lipinski definition) is 6. The van der Waals surface area contributed by atoms with E-state index in [-0.39, 0.29) is 11.2 Å². The minimum absolute atomic E-state index is 0.117. The van der Waals surface area contributed by atoms with Gasteiger partial charge in [0.05, 0.1) is 25.9 Å². The maximum absolute atomic E-state index is 14.4. The maximum Gasteiger partial charge on any atom is 0.162 e. The number of methoxy groups -OCH3 is 2. The molecule has 1 saturated heterocycles. The van der Waals surface area contributed by atoms with Crippen LogP contribution in [0.1, 0.15) is 25.3 Å². The van der Waals surface area contributed by atoms with Crippen LogP contribution in [0.2, 0.25) is 0 Å². The zero-order valence-electron chi connectivity index (χ0n) is 19.6. The molecule has 1 aliphatic rings. The van der Waals surface area contributed by atoms with Gasteiger partial charge in [0.1, 0.15) is 11.6 Å². The summed E-state index contributed by atoms with van der Waals surface area (Å²) in [6, 6.07) is 15.0. The summed E-state index contributed by atoms with van der Waals surface area (Å²) in [5, 5.41) is 9.33. The first-order chi connectivity index (χ1) is 16.5. The van der Waals surface area contributed by atoms with Crippen molar-refractivity contribution in [2.24, 2.45) is 0 Å². The number of rotatable bonds is 5. The molecule has 5 rings (SSSR count). The van der Waals surface area contributed by atoms with Crippen molar-refractivity contribution in [1.82, 2.24) is 15.2 Å². The fourth-order valence-corrected chi connectivity index (χ4v) is 4.80. The second kappa shape index (κ2) is 8.89. The number of pyridine rings is 1. The minimum Gasteiger partial charge on any atom is -0.493 e. The molecule has 0 atom stereocenters. The molecule has 0 unspecified atom stereocenters. The smallest absolute Gasteiger partial charge is 0.162 e. The molecule has 2 aromatic heterocycles. The molecule has 4 aromatic rings. The molecule has 6 nitrogen and oxygen atoms in total. The van der Waals surface area contributed by atoms with E-state index in [9.17, 15) is 4.39 Å². The number of hydrogen-bond donors (Lipinski definition) is 0. The lowest BCUT2D eigenvalue weighted by atomic mass is 9.74. The van der Waals surface area contributed by atoms with Crippen LogP contribution in [0.15, 0.2) is 60.9 Å². The summed E-state index contributed by atoms with van der Waals surface area (Å²) < 4.78 is 25.3. The van der Waals surface area contributed by atoms with E-state index < -0.39 is 0 Å². The van der Waals surface area contributed by atoms with Crippen molar-refractivity contribution < 1.29 is 13.9 Å². The average Bonchev–Trinajstić information content (AvgIpc) is 2.88. The molecule has 174 valence electrons. The topological polar surface area (TPSA) is 60.4 Å². The Kier molecular flexibility index (Phi) is 5.77. The average molecular weight is 459 g/mol. The zero-order valence-corrected chi connectivity index (χ0v) is 19.6. The van der Waals surface area contributed by atoms with Crippen molar-refractivity contribution in [3.8, 4) is 22.6 Å². The Bertz CT molecular complexity index is 1320. The Morgan fingerprint density at radius 1 is 0.941 bits per heavy atom. The van der Waals surface area contributed by atoms with Crippen LogP contribution < -0.4 is 14.4 Å². The lowest BCUT2D eigenvalue weighted by molar-refractivity contribution is 0.348. The van der Waals surface area contributed by atoms with Gasteiger partial charge in [-0.1, -0.05) is 25.1 Å². The van der Waals surface area contributed by atoms with Gasteiger partial charge in [-0.25, -0.2) is 9.37 Å². The number of piperidine rings is 1. The van der Waals surface area contributed by atoms with Crippen LogP contribution in [-0.2, 0) is 5.41 Å². The number of halogens is 1. The number of benzene rings is 2. The van der Waals surface area contributed by atoms with Crippen LogP contribution in [0, 0.1) is 5.82 Å². The monoisotopic (exact) mass is 458 g/mol. The van der Waals surface area contributed by atoms with Gasteiger partial charge in [0, 0.05) is 41.9 Å². The molecule has 0 aliphatic carbocycles. The van der Waals surface area contributed by atoms with Crippen LogP contribution in [0.25, 0.3) is 22.0 Å². The molecular weight excluding hydrogens is 431 g/mol. The van der Waals surface area contributed by atoms with E-state index in [1.165, 1.54) is 0 Å². The molecule has 0 spiro atoms. The molecule has 7 heteroatoms. The third kappa shape index (κ3) is 3.91. The Hall–Kier alpha value is -3.74. The van der Waals surface area contributed by atoms with Crippen LogP contribution in [0.5, 0.6) is 11.5 Å². The molecule has 0 bridgehead atoms. The summed E-state index contributed by atoms with van der Waals surface area (Å²) in [5.74, 6) is 2.06. The number of nitrogens with zero attached hydrogens (tertiary/aromatic N) is 4. The summed E-state index contributed by atoms with van der Waals surface area (Å²) in [7, 11) is 3.22. The van der Waals surface area contributed by atoms with Crippen molar-refractivity contribution in [3.05, 3.63) is 72.3 Å². The van der Waals surface area contributed by atoms with Crippen molar-refractivity contribution in [2.45, 2.75) is 25.2 Å². The highest BCUT2D eigenvalue weighted by molar-refractivity contribution is 5.95. The standard InChI is InChI=1S/C27H27FN4O2/c1-27(21-6-4-5-7-22(21)28)10-12-32(13-11-27)26-9-8-18(16-29-26)20-17-30-31-23-15-25(34-3)24(33-2)14-19(20)23/h4-9,14-17H,10-13H2,1-3H3. The quantitative estimate of drug-likeness (QED) is 0.399. The van der Waals surface area contributed by atoms with Crippen molar-refractivity contribution >= 4 is 16.7 Å². The summed E-state index contributed by atoms with van der Waals surface area (Å²) in [4.78, 5) is 7.01. The normalized spacial score (nSPS) is 15.4. The summed E-state index contributed by atoms with van der Waals surface area (Å²) in [6.45, 7) is 3.81. The number of anilines is 1. The van der Waals surface area contributed by atoms with Gasteiger partial charge in [-0.15, -0.1) is 0 Å². The predicted octanol–water partition coefficient (Wildman–Crippen LogP) is 5.41. The lowest BCUT2D eigenvalue weighted by Crippen LogP contribution is -2.41. The fraction of sp³-hybridized carbons (Fsp3) is 0.296. The highest BCUT2D eigenvalue weighted by Gasteiger charge is 2.34. The summed E-state index contributed by atoms with van der Waals surface area (Å²) >= 11 is 0. The molecule has 0 N–H and O–H groups in total. The lowest BCUT2D eigenvalue weighted by Gasteiger charge is -2.40. The number of fused-ring (bicyclic) bond motifs is 1. The second-order valence-corrected chi connectivity index (χ2v) is 8.92. The minimum atomic E-state index is -0.163. The number of ether oxygens (including phenoxy) is 2. The van der Waals surface area contributed by atoms with Gasteiger partial charge in [-0.05, 0) is 48.1 Å².